The van der Waals surface area contributed by atoms with Crippen LogP contribution in [-0.4, -0.2) is 74.3 Å². The Bertz CT molecular complexity index is 917. The summed E-state index contributed by atoms with van der Waals surface area (Å²) >= 11 is -1.56. The molecule has 1 aromatic carbocycles. The van der Waals surface area contributed by atoms with Gasteiger partial charge in [0.05, 0.1) is 25.3 Å². The van der Waals surface area contributed by atoms with E-state index in [1.165, 1.54) is 38.6 Å². The smallest absolute Gasteiger partial charge is 0.387 e. The van der Waals surface area contributed by atoms with Crippen LogP contribution in [0.4, 0.5) is 8.78 Å². The first-order valence-corrected chi connectivity index (χ1v) is 8.72. The highest BCUT2D eigenvalue weighted by atomic mass is 32.2. The second-order valence-corrected chi connectivity index (χ2v) is 6.45. The molecule has 13 heteroatoms. The van der Waals surface area contributed by atoms with E-state index in [-0.39, 0.29) is 50.7 Å². The molecule has 5 N–H and O–H groups in total. The van der Waals surface area contributed by atoms with Crippen molar-refractivity contribution in [2.75, 3.05) is 14.2 Å². The number of halogens is 2. The lowest BCUT2D eigenvalue weighted by molar-refractivity contribution is -0.0497. The molecule has 0 amide bonds. The van der Waals surface area contributed by atoms with E-state index >= 15 is 0 Å². The molecule has 0 aliphatic rings. The van der Waals surface area contributed by atoms with E-state index in [4.69, 9.17) is 9.47 Å². The largest absolute Gasteiger partial charge is 0.609 e. The lowest BCUT2D eigenvalue weighted by Gasteiger charge is -2.12. The molecule has 2 heterocycles. The Morgan fingerprint density at radius 2 is 1.90 bits per heavy atom. The molecule has 158 valence electrons. The number of H-pyrrole nitrogens is 1. The third-order valence-electron chi connectivity index (χ3n) is 3.51. The van der Waals surface area contributed by atoms with Gasteiger partial charge in [-0.25, -0.2) is 0 Å². The summed E-state index contributed by atoms with van der Waals surface area (Å²) in [6.07, 6.45) is 1.53. The van der Waals surface area contributed by atoms with Gasteiger partial charge in [0, 0.05) is 29.5 Å². The number of alkyl halides is 2. The van der Waals surface area contributed by atoms with Gasteiger partial charge >= 0.3 is 34.8 Å². The van der Waals surface area contributed by atoms with Crippen LogP contribution in [0.3, 0.4) is 0 Å². The first kappa shape index (κ1) is 27.1. The van der Waals surface area contributed by atoms with E-state index in [0.29, 0.717) is 28.2 Å². The number of hydrogen-bond acceptors (Lipinski definition) is 6. The summed E-state index contributed by atoms with van der Waals surface area (Å²) in [5.74, 6) is 0.896. The van der Waals surface area contributed by atoms with Gasteiger partial charge in [0.15, 0.2) is 17.3 Å². The van der Waals surface area contributed by atoms with E-state index in [0.717, 1.165) is 0 Å². The van der Waals surface area contributed by atoms with E-state index in [1.807, 2.05) is 0 Å². The van der Waals surface area contributed by atoms with Gasteiger partial charge in [0.1, 0.15) is 11.4 Å². The van der Waals surface area contributed by atoms with Gasteiger partial charge in [-0.05, 0) is 12.1 Å². The summed E-state index contributed by atoms with van der Waals surface area (Å²) in [4.78, 5) is 11.3. The molecule has 3 aromatic rings. The zero-order valence-corrected chi connectivity index (χ0v) is 15.7. The lowest BCUT2D eigenvalue weighted by atomic mass is 10.3. The molecule has 29 heavy (non-hydrogen) atoms. The normalized spacial score (nSPS) is 11.1. The van der Waals surface area contributed by atoms with Crippen LogP contribution in [0.15, 0.2) is 35.6 Å². The Kier molecular flexibility index (Phi) is 11.2. The van der Waals surface area contributed by atoms with Gasteiger partial charge in [-0.1, -0.05) is 0 Å². The Morgan fingerprint density at radius 1 is 1.17 bits per heavy atom. The molecule has 0 fully saturated rings. The zero-order valence-electron chi connectivity index (χ0n) is 14.9. The molecular weight excluding hydrogens is 425 g/mol. The number of nitrogens with one attached hydrogen (secondary N) is 1. The lowest BCUT2D eigenvalue weighted by Crippen LogP contribution is -2.10. The molecule has 1 unspecified atom stereocenters. The van der Waals surface area contributed by atoms with Crippen molar-refractivity contribution in [2.24, 2.45) is 0 Å². The number of hydrogen-bond donors (Lipinski definition) is 1. The minimum absolute atomic E-state index is 0. The molecule has 0 aliphatic carbocycles. The number of pyridine rings is 1. The molecule has 0 spiro atoms. The Morgan fingerprint density at radius 3 is 2.52 bits per heavy atom. The molecule has 0 bridgehead atoms. The second-order valence-electron chi connectivity index (χ2n) is 5.08. The number of nitrogens with zero attached hydrogens (tertiary/aromatic N) is 2. The highest BCUT2D eigenvalue weighted by Crippen LogP contribution is 2.31. The quantitative estimate of drug-likeness (QED) is 0.408. The monoisotopic (exact) mass is 445 g/mol. The Hall–Kier alpha value is -1.90. The number of imidazole rings is 1. The van der Waals surface area contributed by atoms with Crippen LogP contribution in [0, 0.1) is 0 Å². The van der Waals surface area contributed by atoms with Crippen LogP contribution < -0.4 is 14.2 Å². The topological polar surface area (TPSA) is 155 Å². The number of aromatic amines is 1. The molecular formula is C16H21F2MgN3O6S. The van der Waals surface area contributed by atoms with Crippen LogP contribution in [0.1, 0.15) is 5.69 Å². The minimum Gasteiger partial charge on any atom is -0.609 e. The molecule has 0 aliphatic heterocycles. The van der Waals surface area contributed by atoms with Crippen LogP contribution in [-0.2, 0) is 16.9 Å². The number of methoxy groups -OCH3 is 2. The van der Waals surface area contributed by atoms with Crippen molar-refractivity contribution in [3.8, 4) is 17.2 Å². The van der Waals surface area contributed by atoms with Crippen LogP contribution in [0.2, 0.25) is 0 Å². The fourth-order valence-corrected chi connectivity index (χ4v) is 3.41. The van der Waals surface area contributed by atoms with E-state index in [1.54, 1.807) is 6.07 Å². The van der Waals surface area contributed by atoms with E-state index in [2.05, 4.69) is 19.7 Å². The van der Waals surface area contributed by atoms with Gasteiger partial charge in [-0.15, -0.1) is 0 Å². The van der Waals surface area contributed by atoms with E-state index in [9.17, 15) is 13.3 Å². The SMILES string of the molecule is COc1ccnc(C[S+]([O-])c2nc3cc(OC(F)F)ccc3[nH]2)c1OC.O.O.[MgH2]. The fraction of sp³-hybridized carbons (Fsp3) is 0.250. The third-order valence-corrected chi connectivity index (χ3v) is 4.67. The Balaban J connectivity index is 0.00000261. The molecule has 0 saturated heterocycles. The average molecular weight is 446 g/mol. The van der Waals surface area contributed by atoms with Gasteiger partial charge in [0.25, 0.3) is 0 Å². The number of fused-ring (bicyclic) bond motifs is 1. The minimum atomic E-state index is -2.92. The van der Waals surface area contributed by atoms with Crippen LogP contribution >= 0.6 is 0 Å². The van der Waals surface area contributed by atoms with Crippen LogP contribution in [0.25, 0.3) is 11.0 Å². The van der Waals surface area contributed by atoms with Gasteiger partial charge in [-0.3, -0.25) is 9.97 Å². The Labute approximate surface area is 183 Å². The van der Waals surface area contributed by atoms with Gasteiger partial charge in [0.2, 0.25) is 0 Å². The molecule has 0 radical (unpaired) electrons. The molecule has 2 aromatic heterocycles. The molecule has 1 atom stereocenters. The number of aromatic nitrogens is 3. The summed E-state index contributed by atoms with van der Waals surface area (Å²) in [6, 6.07) is 5.90. The fourth-order valence-electron chi connectivity index (χ4n) is 2.39. The summed E-state index contributed by atoms with van der Waals surface area (Å²) in [5, 5.41) is 0.195. The van der Waals surface area contributed by atoms with Crippen molar-refractivity contribution < 1.29 is 38.5 Å². The summed E-state index contributed by atoms with van der Waals surface area (Å²) < 4.78 is 52.1. The summed E-state index contributed by atoms with van der Waals surface area (Å²) in [5.41, 5.74) is 1.38. The summed E-state index contributed by atoms with van der Waals surface area (Å²) in [6.45, 7) is -2.92. The highest BCUT2D eigenvalue weighted by Gasteiger charge is 2.22. The molecule has 9 nitrogen and oxygen atoms in total. The second kappa shape index (κ2) is 11.9. The number of rotatable bonds is 7. The van der Waals surface area contributed by atoms with Crippen molar-refractivity contribution in [2.45, 2.75) is 17.5 Å². The van der Waals surface area contributed by atoms with Crippen molar-refractivity contribution >= 4 is 45.3 Å². The summed E-state index contributed by atoms with van der Waals surface area (Å²) in [7, 11) is 2.97. The van der Waals surface area contributed by atoms with E-state index < -0.39 is 17.8 Å². The zero-order chi connectivity index (χ0) is 18.7. The average Bonchev–Trinajstić information content (AvgIpc) is 3.04. The van der Waals surface area contributed by atoms with Gasteiger partial charge < -0.3 is 29.7 Å². The van der Waals surface area contributed by atoms with Crippen molar-refractivity contribution in [1.29, 1.82) is 0 Å². The predicted octanol–water partition coefficient (Wildman–Crippen LogP) is 0.319. The standard InChI is InChI=1S/C16H15F2N3O4S.Mg.2H2O.2H/c1-23-13-5-6-19-12(14(13)24-2)8-26(22)16-20-10-4-3-9(25-15(17)18)7-11(10)21-16;;;;;/h3-7,15H,8H2,1-2H3,(H,20,21);;2*1H2;;. The van der Waals surface area contributed by atoms with Gasteiger partial charge in [-0.2, -0.15) is 13.8 Å². The maximum Gasteiger partial charge on any atom is 0.387 e. The highest BCUT2D eigenvalue weighted by molar-refractivity contribution is 7.90. The predicted molar refractivity (Wildman–Crippen MR) is 106 cm³/mol. The maximum absolute atomic E-state index is 12.6. The third kappa shape index (κ3) is 6.29. The first-order chi connectivity index (χ1) is 12.5. The molecule has 3 rings (SSSR count). The molecule has 0 saturated carbocycles. The van der Waals surface area contributed by atoms with Crippen molar-refractivity contribution in [3.63, 3.8) is 0 Å². The van der Waals surface area contributed by atoms with Crippen molar-refractivity contribution in [3.05, 3.63) is 36.2 Å². The number of benzene rings is 1. The maximum atomic E-state index is 12.6. The van der Waals surface area contributed by atoms with Crippen molar-refractivity contribution in [1.82, 2.24) is 15.0 Å². The number of ether oxygens (including phenoxy) is 3. The van der Waals surface area contributed by atoms with Crippen LogP contribution in [0.5, 0.6) is 17.2 Å². The first-order valence-electron chi connectivity index (χ1n) is 7.40.